The van der Waals surface area contributed by atoms with E-state index in [2.05, 4.69) is 86.8 Å². The van der Waals surface area contributed by atoms with Gasteiger partial charge in [0.2, 0.25) is 0 Å². The van der Waals surface area contributed by atoms with Gasteiger partial charge >= 0.3 is 11.9 Å². The molecule has 0 aromatic heterocycles. The van der Waals surface area contributed by atoms with Crippen LogP contribution in [0, 0.1) is 0 Å². The maximum atomic E-state index is 12.7. The van der Waals surface area contributed by atoms with Gasteiger partial charge in [-0.3, -0.25) is 9.59 Å². The third-order valence-electron chi connectivity index (χ3n) is 9.09. The van der Waals surface area contributed by atoms with Crippen molar-refractivity contribution in [1.82, 2.24) is 0 Å². The Hall–Kier alpha value is -2.86. The molecule has 314 valence electrons. The van der Waals surface area contributed by atoms with Crippen molar-refractivity contribution in [1.29, 1.82) is 0 Å². The van der Waals surface area contributed by atoms with E-state index in [0.29, 0.717) is 12.8 Å². The topological polar surface area (TPSA) is 152 Å². The molecule has 10 nitrogen and oxygen atoms in total. The standard InChI is InChI=1S/C45H74O10/c1-3-5-7-9-11-13-15-17-19-21-23-25-27-29-31-33-40(47)52-36-38(37-53-45-44(51)43(50)42(49)39(35-46)55-45)54-41(48)34-32-30-28-26-24-22-20-18-16-14-12-10-8-6-4-2/h5-8,11-14,17-20,38-39,42-46,49-51H,3-4,9-10,15-16,21-37H2,1-2H3/b7-5+,8-6+,13-11+,14-12-,19-17+,20-18-/t38-,39-,42+,43+,44-,45-/m1/s1. The van der Waals surface area contributed by atoms with Gasteiger partial charge in [0.25, 0.3) is 0 Å². The first kappa shape index (κ1) is 50.2. The van der Waals surface area contributed by atoms with Gasteiger partial charge in [-0.2, -0.15) is 0 Å². The van der Waals surface area contributed by atoms with Gasteiger partial charge in [-0.05, 0) is 77.0 Å². The zero-order chi connectivity index (χ0) is 40.2. The number of hydrogen-bond donors (Lipinski definition) is 4. The van der Waals surface area contributed by atoms with Crippen LogP contribution in [0.1, 0.15) is 142 Å². The van der Waals surface area contributed by atoms with E-state index in [0.717, 1.165) is 103 Å². The van der Waals surface area contributed by atoms with Gasteiger partial charge in [-0.1, -0.05) is 125 Å². The predicted octanol–water partition coefficient (Wildman–Crippen LogP) is 8.44. The first-order valence-corrected chi connectivity index (χ1v) is 21.0. The number of hydrogen-bond acceptors (Lipinski definition) is 10. The normalized spacial score (nSPS) is 21.3. The molecule has 4 N–H and O–H groups in total. The van der Waals surface area contributed by atoms with Crippen LogP contribution in [-0.4, -0.2) is 89.0 Å². The second-order valence-corrected chi connectivity index (χ2v) is 14.0. The summed E-state index contributed by atoms with van der Waals surface area (Å²) in [5.41, 5.74) is 0. The van der Waals surface area contributed by atoms with Crippen LogP contribution in [0.15, 0.2) is 72.9 Å². The molecule has 0 aromatic rings. The first-order chi connectivity index (χ1) is 26.8. The van der Waals surface area contributed by atoms with Crippen molar-refractivity contribution < 1.29 is 49.0 Å². The molecular formula is C45H74O10. The van der Waals surface area contributed by atoms with Crippen molar-refractivity contribution in [3.05, 3.63) is 72.9 Å². The van der Waals surface area contributed by atoms with E-state index < -0.39 is 55.4 Å². The van der Waals surface area contributed by atoms with Gasteiger partial charge < -0.3 is 39.4 Å². The van der Waals surface area contributed by atoms with Gasteiger partial charge in [0.1, 0.15) is 31.0 Å². The first-order valence-electron chi connectivity index (χ1n) is 21.0. The van der Waals surface area contributed by atoms with Crippen molar-refractivity contribution in [3.63, 3.8) is 0 Å². The number of rotatable bonds is 33. The molecule has 0 amide bonds. The van der Waals surface area contributed by atoms with Gasteiger partial charge in [0, 0.05) is 12.8 Å². The fraction of sp³-hybridized carbons (Fsp3) is 0.689. The smallest absolute Gasteiger partial charge is 0.306 e. The van der Waals surface area contributed by atoms with Crippen LogP contribution in [0.2, 0.25) is 0 Å². The summed E-state index contributed by atoms with van der Waals surface area (Å²) >= 11 is 0. The number of carbonyl (C=O) groups excluding carboxylic acids is 2. The molecule has 0 bridgehead atoms. The molecule has 0 aliphatic carbocycles. The zero-order valence-corrected chi connectivity index (χ0v) is 33.9. The summed E-state index contributed by atoms with van der Waals surface area (Å²) in [6.07, 6.45) is 36.2. The minimum absolute atomic E-state index is 0.202. The van der Waals surface area contributed by atoms with Crippen molar-refractivity contribution in [3.8, 4) is 0 Å². The Labute approximate surface area is 332 Å². The summed E-state index contributed by atoms with van der Waals surface area (Å²) in [5, 5.41) is 40.0. The molecule has 0 radical (unpaired) electrons. The molecule has 1 rings (SSSR count). The van der Waals surface area contributed by atoms with Crippen LogP contribution in [0.4, 0.5) is 0 Å². The lowest BCUT2D eigenvalue weighted by molar-refractivity contribution is -0.305. The fourth-order valence-corrected chi connectivity index (χ4v) is 5.80. The highest BCUT2D eigenvalue weighted by Crippen LogP contribution is 2.22. The average Bonchev–Trinajstić information content (AvgIpc) is 3.18. The van der Waals surface area contributed by atoms with E-state index in [1.807, 2.05) is 0 Å². The second-order valence-electron chi connectivity index (χ2n) is 14.0. The van der Waals surface area contributed by atoms with Crippen LogP contribution in [0.5, 0.6) is 0 Å². The maximum absolute atomic E-state index is 12.7. The Balaban J connectivity index is 2.39. The third-order valence-corrected chi connectivity index (χ3v) is 9.09. The van der Waals surface area contributed by atoms with Gasteiger partial charge in [0.05, 0.1) is 13.2 Å². The maximum Gasteiger partial charge on any atom is 0.306 e. The summed E-state index contributed by atoms with van der Waals surface area (Å²) < 4.78 is 22.1. The van der Waals surface area contributed by atoms with Crippen LogP contribution in [0.3, 0.4) is 0 Å². The molecule has 10 heteroatoms. The Morgan fingerprint density at radius 3 is 1.53 bits per heavy atom. The quantitative estimate of drug-likeness (QED) is 0.0291. The number of ether oxygens (including phenoxy) is 4. The Bertz CT molecular complexity index is 1120. The van der Waals surface area contributed by atoms with Crippen LogP contribution in [-0.2, 0) is 28.5 Å². The molecule has 1 saturated heterocycles. The van der Waals surface area contributed by atoms with E-state index in [1.54, 1.807) is 0 Å². The number of unbranched alkanes of at least 4 members (excludes halogenated alkanes) is 10. The minimum atomic E-state index is -1.60. The Morgan fingerprint density at radius 2 is 1.02 bits per heavy atom. The van der Waals surface area contributed by atoms with Gasteiger partial charge in [-0.25, -0.2) is 0 Å². The Kier molecular flexibility index (Phi) is 32.4. The predicted molar refractivity (Wildman–Crippen MR) is 219 cm³/mol. The minimum Gasteiger partial charge on any atom is -0.462 e. The summed E-state index contributed by atoms with van der Waals surface area (Å²) in [7, 11) is 0. The van der Waals surface area contributed by atoms with E-state index in [1.165, 1.54) is 0 Å². The lowest BCUT2D eigenvalue weighted by Gasteiger charge is -2.39. The van der Waals surface area contributed by atoms with Crippen molar-refractivity contribution in [2.24, 2.45) is 0 Å². The highest BCUT2D eigenvalue weighted by molar-refractivity contribution is 5.70. The van der Waals surface area contributed by atoms with Crippen molar-refractivity contribution in [2.75, 3.05) is 19.8 Å². The summed E-state index contributed by atoms with van der Waals surface area (Å²) in [6.45, 7) is 3.14. The molecule has 0 saturated carbocycles. The summed E-state index contributed by atoms with van der Waals surface area (Å²) in [6, 6.07) is 0. The number of aliphatic hydroxyl groups excluding tert-OH is 4. The molecule has 1 aliphatic heterocycles. The largest absolute Gasteiger partial charge is 0.462 e. The van der Waals surface area contributed by atoms with E-state index >= 15 is 0 Å². The molecule has 0 spiro atoms. The lowest BCUT2D eigenvalue weighted by atomic mass is 9.99. The molecule has 6 atom stereocenters. The number of carbonyl (C=O) groups is 2. The third kappa shape index (κ3) is 27.4. The van der Waals surface area contributed by atoms with E-state index in [4.69, 9.17) is 18.9 Å². The molecule has 1 fully saturated rings. The number of allylic oxidation sites excluding steroid dienone is 12. The average molecular weight is 775 g/mol. The van der Waals surface area contributed by atoms with Crippen LogP contribution in [0.25, 0.3) is 0 Å². The SMILES string of the molecule is CC/C=C/C/C=C\C/C=C\CCCCCCCC(=O)O[C@H](COC(=O)CCCCCCC/C=C/C/C=C/C/C=C/CC)CO[C@@H]1O[C@H](CO)[C@H](O)[C@H](O)[C@H]1O. The van der Waals surface area contributed by atoms with Crippen LogP contribution < -0.4 is 0 Å². The van der Waals surface area contributed by atoms with Gasteiger partial charge in [-0.15, -0.1) is 0 Å². The summed E-state index contributed by atoms with van der Waals surface area (Å²) in [5.74, 6) is -0.855. The van der Waals surface area contributed by atoms with Crippen molar-refractivity contribution in [2.45, 2.75) is 179 Å². The Morgan fingerprint density at radius 1 is 0.564 bits per heavy atom. The zero-order valence-electron chi connectivity index (χ0n) is 33.9. The molecule has 55 heavy (non-hydrogen) atoms. The molecule has 0 aromatic carbocycles. The molecule has 1 heterocycles. The van der Waals surface area contributed by atoms with Gasteiger partial charge in [0.15, 0.2) is 12.4 Å². The highest BCUT2D eigenvalue weighted by atomic mass is 16.7. The van der Waals surface area contributed by atoms with Crippen molar-refractivity contribution >= 4 is 11.9 Å². The highest BCUT2D eigenvalue weighted by Gasteiger charge is 2.44. The molecule has 1 aliphatic rings. The van der Waals surface area contributed by atoms with E-state index in [9.17, 15) is 30.0 Å². The second kappa shape index (κ2) is 35.5. The van der Waals surface area contributed by atoms with Crippen LogP contribution >= 0.6 is 0 Å². The monoisotopic (exact) mass is 775 g/mol. The fourth-order valence-electron chi connectivity index (χ4n) is 5.80. The molecule has 0 unspecified atom stereocenters. The number of aliphatic hydroxyl groups is 4. The lowest BCUT2D eigenvalue weighted by Crippen LogP contribution is -2.59. The summed E-state index contributed by atoms with van der Waals surface area (Å²) in [4.78, 5) is 25.3. The number of esters is 2. The molecular weight excluding hydrogens is 700 g/mol. The van der Waals surface area contributed by atoms with E-state index in [-0.39, 0.29) is 26.1 Å².